The molecule has 49 heavy (non-hydrogen) atoms. The summed E-state index contributed by atoms with van der Waals surface area (Å²) in [7, 11) is -4.19. The lowest BCUT2D eigenvalue weighted by Gasteiger charge is -2.21. The predicted molar refractivity (Wildman–Crippen MR) is 180 cm³/mol. The van der Waals surface area contributed by atoms with E-state index in [0.717, 1.165) is 22.3 Å². The van der Waals surface area contributed by atoms with Gasteiger partial charge in [-0.05, 0) is 70.0 Å². The highest BCUT2D eigenvalue weighted by molar-refractivity contribution is 7.85. The van der Waals surface area contributed by atoms with E-state index >= 15 is 0 Å². The fraction of sp³-hybridized carbons (Fsp3) is 0.243. The lowest BCUT2D eigenvalue weighted by molar-refractivity contribution is -0.274. The number of rotatable bonds is 11. The summed E-state index contributed by atoms with van der Waals surface area (Å²) in [6.45, 7) is 6.21. The molecule has 0 radical (unpaired) electrons. The number of nitrogens with zero attached hydrogens (tertiary/aromatic N) is 1. The molecular weight excluding hydrogens is 657 g/mol. The van der Waals surface area contributed by atoms with E-state index in [1.54, 1.807) is 24.3 Å². The van der Waals surface area contributed by atoms with Gasteiger partial charge in [0, 0.05) is 29.7 Å². The van der Waals surface area contributed by atoms with Crippen LogP contribution in [-0.4, -0.2) is 42.7 Å². The van der Waals surface area contributed by atoms with E-state index < -0.39 is 28.1 Å². The first-order chi connectivity index (χ1) is 23.0. The van der Waals surface area contributed by atoms with E-state index in [0.29, 0.717) is 29.0 Å². The van der Waals surface area contributed by atoms with Crippen LogP contribution in [0.5, 0.6) is 5.75 Å². The molecule has 1 atom stereocenters. The van der Waals surface area contributed by atoms with Crippen molar-refractivity contribution in [3.63, 3.8) is 0 Å². The number of carbonyl (C=O) groups is 1. The Morgan fingerprint density at radius 3 is 2.14 bits per heavy atom. The Balaban J connectivity index is 1.39. The maximum absolute atomic E-state index is 12.6. The summed E-state index contributed by atoms with van der Waals surface area (Å²) < 4.78 is 78.4. The molecule has 2 N–H and O–H groups in total. The minimum Gasteiger partial charge on any atom is -0.406 e. The van der Waals surface area contributed by atoms with Gasteiger partial charge in [0.05, 0.1) is 11.4 Å². The molecule has 5 aromatic rings. The molecule has 0 aliphatic rings. The smallest absolute Gasteiger partial charge is 0.406 e. The molecule has 0 spiro atoms. The third kappa shape index (κ3) is 9.80. The maximum Gasteiger partial charge on any atom is 0.573 e. The van der Waals surface area contributed by atoms with Gasteiger partial charge in [0.1, 0.15) is 5.75 Å². The topological polar surface area (TPSA) is 119 Å². The Morgan fingerprint density at radius 1 is 0.878 bits per heavy atom. The van der Waals surface area contributed by atoms with Crippen molar-refractivity contribution in [2.45, 2.75) is 44.9 Å². The molecule has 0 fully saturated rings. The van der Waals surface area contributed by atoms with Gasteiger partial charge in [0.25, 0.3) is 16.0 Å². The van der Waals surface area contributed by atoms with Gasteiger partial charge < -0.3 is 14.6 Å². The fourth-order valence-corrected chi connectivity index (χ4v) is 5.68. The molecule has 12 heteroatoms. The third-order valence-electron chi connectivity index (χ3n) is 7.93. The SMILES string of the molecule is CC(C)(C)c1ccc([C@H](Cc2ccc(C(=O)NCCS(=O)(=O)O)cc2)c2cc(-c3cccc(-c4ccc(OC(F)(F)F)cc4)c3)on2)cc1. The summed E-state index contributed by atoms with van der Waals surface area (Å²) in [5.41, 5.74) is 6.30. The number of hydrogen-bond donors (Lipinski definition) is 2. The predicted octanol–water partition coefficient (Wildman–Crippen LogP) is 8.20. The standard InChI is InChI=1S/C37H35F3N2O6S/c1-36(2,3)30-15-11-26(12-16-30)32(21-24-7-9-27(10-8-24)35(43)41-19-20-49(44,45)46)33-23-34(48-42-33)29-6-4-5-28(22-29)25-13-17-31(18-14-25)47-37(38,39)40/h4-18,22-23,32H,19-21H2,1-3H3,(H,41,43)(H,44,45,46)/t32-/m0/s1. The zero-order valence-corrected chi connectivity index (χ0v) is 27.8. The molecule has 4 aromatic carbocycles. The minimum absolute atomic E-state index is 0.0381. The molecule has 5 rings (SSSR count). The molecule has 1 amide bonds. The van der Waals surface area contributed by atoms with Gasteiger partial charge in [-0.25, -0.2) is 0 Å². The first-order valence-electron chi connectivity index (χ1n) is 15.4. The quantitative estimate of drug-likeness (QED) is 0.134. The molecule has 0 aliphatic heterocycles. The molecule has 0 unspecified atom stereocenters. The highest BCUT2D eigenvalue weighted by Crippen LogP contribution is 2.34. The third-order valence-corrected chi connectivity index (χ3v) is 8.65. The van der Waals surface area contributed by atoms with Crippen LogP contribution in [0.25, 0.3) is 22.5 Å². The van der Waals surface area contributed by atoms with E-state index in [1.807, 2.05) is 42.5 Å². The van der Waals surface area contributed by atoms with E-state index in [2.05, 4.69) is 60.2 Å². The summed E-state index contributed by atoms with van der Waals surface area (Å²) in [4.78, 5) is 12.5. The number of alkyl halides is 3. The van der Waals surface area contributed by atoms with Gasteiger partial charge >= 0.3 is 6.36 Å². The van der Waals surface area contributed by atoms with E-state index in [4.69, 9.17) is 9.08 Å². The van der Waals surface area contributed by atoms with Crippen LogP contribution in [0.3, 0.4) is 0 Å². The molecule has 0 bridgehead atoms. The molecule has 1 aromatic heterocycles. The van der Waals surface area contributed by atoms with Crippen molar-refractivity contribution in [3.05, 3.63) is 131 Å². The van der Waals surface area contributed by atoms with E-state index in [1.165, 1.54) is 17.7 Å². The molecule has 256 valence electrons. The summed E-state index contributed by atoms with van der Waals surface area (Å²) in [5.74, 6) is -1.04. The van der Waals surface area contributed by atoms with Crippen molar-refractivity contribution in [1.29, 1.82) is 0 Å². The molecular formula is C37H35F3N2O6S. The normalized spacial score (nSPS) is 12.8. The number of amides is 1. The second kappa shape index (κ2) is 14.3. The lowest BCUT2D eigenvalue weighted by Crippen LogP contribution is -2.28. The summed E-state index contributed by atoms with van der Waals surface area (Å²) in [6, 6.07) is 30.2. The first kappa shape index (κ1) is 35.4. The average molecular weight is 693 g/mol. The van der Waals surface area contributed by atoms with Crippen LogP contribution in [0.15, 0.2) is 108 Å². The Bertz CT molecular complexity index is 2000. The molecule has 0 saturated carbocycles. The van der Waals surface area contributed by atoms with Crippen molar-refractivity contribution in [3.8, 4) is 28.2 Å². The summed E-state index contributed by atoms with van der Waals surface area (Å²) in [5, 5.41) is 6.93. The zero-order valence-electron chi connectivity index (χ0n) is 27.0. The molecule has 8 nitrogen and oxygen atoms in total. The van der Waals surface area contributed by atoms with Gasteiger partial charge in [0.2, 0.25) is 0 Å². The Morgan fingerprint density at radius 2 is 1.53 bits per heavy atom. The monoisotopic (exact) mass is 692 g/mol. The lowest BCUT2D eigenvalue weighted by atomic mass is 9.83. The fourth-order valence-electron chi connectivity index (χ4n) is 5.32. The number of halogens is 3. The van der Waals surface area contributed by atoms with Crippen LogP contribution in [0, 0.1) is 0 Å². The van der Waals surface area contributed by atoms with Crippen molar-refractivity contribution < 1.29 is 40.2 Å². The average Bonchev–Trinajstić information content (AvgIpc) is 3.53. The number of carbonyl (C=O) groups excluding carboxylic acids is 1. The van der Waals surface area contributed by atoms with Crippen LogP contribution in [-0.2, 0) is 22.0 Å². The van der Waals surface area contributed by atoms with E-state index in [9.17, 15) is 26.4 Å². The highest BCUT2D eigenvalue weighted by atomic mass is 32.2. The van der Waals surface area contributed by atoms with Crippen LogP contribution >= 0.6 is 0 Å². The largest absolute Gasteiger partial charge is 0.573 e. The number of benzene rings is 4. The van der Waals surface area contributed by atoms with Crippen molar-refractivity contribution in [1.82, 2.24) is 10.5 Å². The number of aromatic nitrogens is 1. The molecule has 0 aliphatic carbocycles. The van der Waals surface area contributed by atoms with Crippen molar-refractivity contribution in [2.75, 3.05) is 12.3 Å². The summed E-state index contributed by atoms with van der Waals surface area (Å²) >= 11 is 0. The van der Waals surface area contributed by atoms with Gasteiger partial charge in [-0.15, -0.1) is 13.2 Å². The summed E-state index contributed by atoms with van der Waals surface area (Å²) in [6.07, 6.45) is -4.24. The van der Waals surface area contributed by atoms with Gasteiger partial charge in [-0.2, -0.15) is 8.42 Å². The van der Waals surface area contributed by atoms with Gasteiger partial charge in [-0.1, -0.05) is 92.7 Å². The maximum atomic E-state index is 12.6. The van der Waals surface area contributed by atoms with Crippen LogP contribution < -0.4 is 10.1 Å². The van der Waals surface area contributed by atoms with Gasteiger partial charge in [0.15, 0.2) is 5.76 Å². The van der Waals surface area contributed by atoms with Crippen LogP contribution in [0.1, 0.15) is 59.4 Å². The van der Waals surface area contributed by atoms with Crippen LogP contribution in [0.2, 0.25) is 0 Å². The second-order valence-electron chi connectivity index (χ2n) is 12.6. The first-order valence-corrected chi connectivity index (χ1v) is 17.0. The Labute approximate surface area is 282 Å². The second-order valence-corrected chi connectivity index (χ2v) is 14.2. The van der Waals surface area contributed by atoms with Crippen LogP contribution in [0.4, 0.5) is 13.2 Å². The van der Waals surface area contributed by atoms with Crippen molar-refractivity contribution >= 4 is 16.0 Å². The molecule has 0 saturated heterocycles. The minimum atomic E-state index is -4.77. The number of hydrogen-bond acceptors (Lipinski definition) is 6. The zero-order chi connectivity index (χ0) is 35.4. The number of nitrogens with one attached hydrogen (secondary N) is 1. The Kier molecular flexibility index (Phi) is 10.3. The van der Waals surface area contributed by atoms with Crippen molar-refractivity contribution in [2.24, 2.45) is 0 Å². The van der Waals surface area contributed by atoms with E-state index in [-0.39, 0.29) is 23.6 Å². The number of ether oxygens (including phenoxy) is 1. The van der Waals surface area contributed by atoms with Gasteiger partial charge in [-0.3, -0.25) is 9.35 Å². The Hall–Kier alpha value is -4.94. The molecule has 1 heterocycles. The highest BCUT2D eigenvalue weighted by Gasteiger charge is 2.31.